The molecule has 0 aliphatic rings. The fourth-order valence-electron chi connectivity index (χ4n) is 1.95. The number of carbonyl (C=O) groups is 2. The molecule has 0 fully saturated rings. The molecule has 21 heavy (non-hydrogen) atoms. The lowest BCUT2D eigenvalue weighted by Crippen LogP contribution is -2.42. The molecule has 1 unspecified atom stereocenters. The van der Waals surface area contributed by atoms with Crippen LogP contribution in [0.2, 0.25) is 0 Å². The van der Waals surface area contributed by atoms with Crippen LogP contribution in [0.25, 0.3) is 0 Å². The van der Waals surface area contributed by atoms with Gasteiger partial charge in [-0.3, -0.25) is 4.79 Å². The molecular weight excluding hydrogens is 268 g/mol. The molecule has 1 rings (SSSR count). The van der Waals surface area contributed by atoms with Gasteiger partial charge in [0.25, 0.3) is 0 Å². The van der Waals surface area contributed by atoms with Crippen LogP contribution in [0.3, 0.4) is 0 Å². The number of aliphatic carboxylic acids is 1. The van der Waals surface area contributed by atoms with Crippen LogP contribution in [0.1, 0.15) is 45.6 Å². The second kappa shape index (κ2) is 7.67. The van der Waals surface area contributed by atoms with Crippen molar-refractivity contribution in [3.05, 3.63) is 29.8 Å². The van der Waals surface area contributed by atoms with Crippen molar-refractivity contribution < 1.29 is 14.7 Å². The highest BCUT2D eigenvalue weighted by Gasteiger charge is 2.19. The Labute approximate surface area is 125 Å². The largest absolute Gasteiger partial charge is 0.481 e. The summed E-state index contributed by atoms with van der Waals surface area (Å²) in [6.45, 7) is 7.93. The maximum absolute atomic E-state index is 12.0. The molecule has 5 nitrogen and oxygen atoms in total. The Hall–Kier alpha value is -2.04. The van der Waals surface area contributed by atoms with Gasteiger partial charge in [-0.05, 0) is 29.5 Å². The zero-order valence-electron chi connectivity index (χ0n) is 13.0. The van der Waals surface area contributed by atoms with Crippen LogP contribution in [-0.4, -0.2) is 23.1 Å². The predicted octanol–water partition coefficient (Wildman–Crippen LogP) is 3.43. The molecule has 3 N–H and O–H groups in total. The number of benzene rings is 1. The average molecular weight is 292 g/mol. The SMILES string of the molecule is CC(C)c1cccc(NC(=O)NC(CC(=O)O)C(C)C)c1. The summed E-state index contributed by atoms with van der Waals surface area (Å²) in [6, 6.07) is 6.86. The van der Waals surface area contributed by atoms with Crippen LogP contribution in [0.5, 0.6) is 0 Å². The normalized spacial score (nSPS) is 12.3. The molecule has 0 aliphatic carbocycles. The first-order chi connectivity index (χ1) is 9.79. The van der Waals surface area contributed by atoms with E-state index in [4.69, 9.17) is 5.11 Å². The number of hydrogen-bond donors (Lipinski definition) is 3. The third kappa shape index (κ3) is 5.85. The van der Waals surface area contributed by atoms with Crippen molar-refractivity contribution in [3.63, 3.8) is 0 Å². The van der Waals surface area contributed by atoms with E-state index in [1.54, 1.807) is 0 Å². The molecule has 0 aromatic heterocycles. The van der Waals surface area contributed by atoms with Crippen molar-refractivity contribution in [2.75, 3.05) is 5.32 Å². The summed E-state index contributed by atoms with van der Waals surface area (Å²) in [6.07, 6.45) is -0.0862. The number of carbonyl (C=O) groups excluding carboxylic acids is 1. The van der Waals surface area contributed by atoms with Gasteiger partial charge in [0.15, 0.2) is 0 Å². The molecule has 1 atom stereocenters. The number of nitrogens with one attached hydrogen (secondary N) is 2. The number of rotatable bonds is 6. The molecule has 0 saturated heterocycles. The van der Waals surface area contributed by atoms with Crippen molar-refractivity contribution in [2.45, 2.75) is 46.1 Å². The Morgan fingerprint density at radius 1 is 1.19 bits per heavy atom. The minimum Gasteiger partial charge on any atom is -0.481 e. The highest BCUT2D eigenvalue weighted by atomic mass is 16.4. The summed E-state index contributed by atoms with van der Waals surface area (Å²) in [5.41, 5.74) is 1.84. The Bertz CT molecular complexity index is 498. The van der Waals surface area contributed by atoms with E-state index < -0.39 is 12.0 Å². The smallest absolute Gasteiger partial charge is 0.319 e. The number of anilines is 1. The Morgan fingerprint density at radius 2 is 1.86 bits per heavy atom. The molecule has 1 aromatic rings. The quantitative estimate of drug-likeness (QED) is 0.751. The van der Waals surface area contributed by atoms with Gasteiger partial charge in [0.2, 0.25) is 0 Å². The van der Waals surface area contributed by atoms with Crippen LogP contribution in [0, 0.1) is 5.92 Å². The van der Waals surface area contributed by atoms with Crippen molar-refractivity contribution in [1.82, 2.24) is 5.32 Å². The molecule has 0 bridgehead atoms. The number of carboxylic acid groups (broad SMARTS) is 1. The van der Waals surface area contributed by atoms with E-state index in [9.17, 15) is 9.59 Å². The minimum atomic E-state index is -0.921. The fraction of sp³-hybridized carbons (Fsp3) is 0.500. The monoisotopic (exact) mass is 292 g/mol. The highest BCUT2D eigenvalue weighted by molar-refractivity contribution is 5.89. The zero-order chi connectivity index (χ0) is 16.0. The van der Waals surface area contributed by atoms with Crippen molar-refractivity contribution in [1.29, 1.82) is 0 Å². The van der Waals surface area contributed by atoms with Crippen LogP contribution in [0.4, 0.5) is 10.5 Å². The summed E-state index contributed by atoms with van der Waals surface area (Å²) in [7, 11) is 0. The van der Waals surface area contributed by atoms with E-state index in [1.165, 1.54) is 0 Å². The van der Waals surface area contributed by atoms with Gasteiger partial charge in [-0.25, -0.2) is 4.79 Å². The Kier molecular flexibility index (Phi) is 6.21. The average Bonchev–Trinajstić information content (AvgIpc) is 2.37. The number of carboxylic acids is 1. The lowest BCUT2D eigenvalue weighted by Gasteiger charge is -2.21. The van der Waals surface area contributed by atoms with E-state index in [0.29, 0.717) is 11.6 Å². The van der Waals surface area contributed by atoms with Crippen molar-refractivity contribution in [3.8, 4) is 0 Å². The van der Waals surface area contributed by atoms with Crippen LogP contribution >= 0.6 is 0 Å². The summed E-state index contributed by atoms with van der Waals surface area (Å²) >= 11 is 0. The van der Waals surface area contributed by atoms with Gasteiger partial charge in [-0.1, -0.05) is 39.8 Å². The van der Waals surface area contributed by atoms with Crippen LogP contribution in [-0.2, 0) is 4.79 Å². The third-order valence-corrected chi connectivity index (χ3v) is 3.33. The predicted molar refractivity (Wildman–Crippen MR) is 83.6 cm³/mol. The Morgan fingerprint density at radius 3 is 2.38 bits per heavy atom. The van der Waals surface area contributed by atoms with E-state index >= 15 is 0 Å². The number of amides is 2. The molecule has 0 spiro atoms. The Balaban J connectivity index is 2.67. The zero-order valence-corrected chi connectivity index (χ0v) is 13.0. The summed E-state index contributed by atoms with van der Waals surface area (Å²) in [5.74, 6) is -0.491. The van der Waals surface area contributed by atoms with Gasteiger partial charge >= 0.3 is 12.0 Å². The molecule has 0 saturated carbocycles. The lowest BCUT2D eigenvalue weighted by atomic mass is 10.0. The third-order valence-electron chi connectivity index (χ3n) is 3.33. The first-order valence-corrected chi connectivity index (χ1v) is 7.19. The van der Waals surface area contributed by atoms with E-state index in [0.717, 1.165) is 5.56 Å². The molecule has 116 valence electrons. The van der Waals surface area contributed by atoms with Crippen molar-refractivity contribution >= 4 is 17.7 Å². The first-order valence-electron chi connectivity index (χ1n) is 7.19. The summed E-state index contributed by atoms with van der Waals surface area (Å²) in [5, 5.41) is 14.3. The lowest BCUT2D eigenvalue weighted by molar-refractivity contribution is -0.137. The second-order valence-electron chi connectivity index (χ2n) is 5.83. The summed E-state index contributed by atoms with van der Waals surface area (Å²) < 4.78 is 0. The maximum Gasteiger partial charge on any atom is 0.319 e. The van der Waals surface area contributed by atoms with Crippen LogP contribution in [0.15, 0.2) is 24.3 Å². The molecule has 0 aliphatic heterocycles. The molecule has 2 amide bonds. The van der Waals surface area contributed by atoms with Crippen molar-refractivity contribution in [2.24, 2.45) is 5.92 Å². The van der Waals surface area contributed by atoms with E-state index in [-0.39, 0.29) is 18.4 Å². The molecule has 0 radical (unpaired) electrons. The standard InChI is InChI=1S/C16H24N2O3/c1-10(2)12-6-5-7-13(8-12)17-16(21)18-14(11(3)4)9-15(19)20/h5-8,10-11,14H,9H2,1-4H3,(H,19,20)(H2,17,18,21). The molecule has 0 heterocycles. The maximum atomic E-state index is 12.0. The topological polar surface area (TPSA) is 78.4 Å². The van der Waals surface area contributed by atoms with Gasteiger partial charge in [0.05, 0.1) is 6.42 Å². The minimum absolute atomic E-state index is 0.0499. The second-order valence-corrected chi connectivity index (χ2v) is 5.83. The van der Waals surface area contributed by atoms with Gasteiger partial charge in [0.1, 0.15) is 0 Å². The molecule has 1 aromatic carbocycles. The van der Waals surface area contributed by atoms with Gasteiger partial charge < -0.3 is 15.7 Å². The molecular formula is C16H24N2O3. The number of hydrogen-bond acceptors (Lipinski definition) is 2. The van der Waals surface area contributed by atoms with Gasteiger partial charge in [-0.2, -0.15) is 0 Å². The summed E-state index contributed by atoms with van der Waals surface area (Å²) in [4.78, 5) is 22.8. The van der Waals surface area contributed by atoms with Crippen LogP contribution < -0.4 is 10.6 Å². The number of urea groups is 1. The van der Waals surface area contributed by atoms with Gasteiger partial charge in [-0.15, -0.1) is 0 Å². The van der Waals surface area contributed by atoms with E-state index in [1.807, 2.05) is 38.1 Å². The first kappa shape index (κ1) is 17.0. The molecule has 5 heteroatoms. The van der Waals surface area contributed by atoms with Gasteiger partial charge in [0, 0.05) is 11.7 Å². The highest BCUT2D eigenvalue weighted by Crippen LogP contribution is 2.18. The van der Waals surface area contributed by atoms with E-state index in [2.05, 4.69) is 24.5 Å². The fourth-order valence-corrected chi connectivity index (χ4v) is 1.95.